The molecule has 0 fully saturated rings. The number of aromatic nitrogens is 1. The zero-order valence-electron chi connectivity index (χ0n) is 15.8. The van der Waals surface area contributed by atoms with E-state index in [-0.39, 0.29) is 11.9 Å². The first-order valence-electron chi connectivity index (χ1n) is 9.01. The van der Waals surface area contributed by atoms with Gasteiger partial charge in [-0.3, -0.25) is 4.79 Å². The van der Waals surface area contributed by atoms with Crippen LogP contribution in [0, 0.1) is 0 Å². The molecule has 144 valence electrons. The summed E-state index contributed by atoms with van der Waals surface area (Å²) in [5, 5.41) is 6.78. The first kappa shape index (κ1) is 19.7. The summed E-state index contributed by atoms with van der Waals surface area (Å²) in [5.74, 6) is 0.600. The lowest BCUT2D eigenvalue weighted by Crippen LogP contribution is -2.30. The molecular formula is C22H22ClN3O2. The highest BCUT2D eigenvalue weighted by atomic mass is 35.5. The van der Waals surface area contributed by atoms with E-state index < -0.39 is 0 Å². The number of rotatable bonds is 7. The van der Waals surface area contributed by atoms with Gasteiger partial charge in [-0.2, -0.15) is 0 Å². The minimum Gasteiger partial charge on any atom is -0.489 e. The molecule has 2 aromatic carbocycles. The van der Waals surface area contributed by atoms with Gasteiger partial charge in [-0.15, -0.1) is 0 Å². The fourth-order valence-corrected chi connectivity index (χ4v) is 2.61. The molecule has 0 radical (unpaired) electrons. The Bertz CT molecular complexity index is 908. The molecule has 28 heavy (non-hydrogen) atoms. The molecule has 0 saturated heterocycles. The van der Waals surface area contributed by atoms with Crippen molar-refractivity contribution in [1.82, 2.24) is 10.3 Å². The summed E-state index contributed by atoms with van der Waals surface area (Å²) >= 11 is 5.88. The molecule has 0 spiro atoms. The van der Waals surface area contributed by atoms with E-state index in [1.165, 1.54) is 0 Å². The quantitative estimate of drug-likeness (QED) is 0.577. The number of carbonyl (C=O) groups excluding carboxylic acids is 1. The van der Waals surface area contributed by atoms with Crippen molar-refractivity contribution in [1.29, 1.82) is 0 Å². The van der Waals surface area contributed by atoms with Crippen molar-refractivity contribution in [3.8, 4) is 5.75 Å². The van der Waals surface area contributed by atoms with Crippen LogP contribution in [-0.4, -0.2) is 16.9 Å². The Morgan fingerprint density at radius 2 is 1.68 bits per heavy atom. The predicted octanol–water partition coefficient (Wildman–Crippen LogP) is 5.20. The largest absolute Gasteiger partial charge is 0.489 e. The fraction of sp³-hybridized carbons (Fsp3) is 0.182. The van der Waals surface area contributed by atoms with E-state index in [0.29, 0.717) is 17.3 Å². The summed E-state index contributed by atoms with van der Waals surface area (Å²) in [5.41, 5.74) is 3.15. The zero-order valence-corrected chi connectivity index (χ0v) is 16.5. The van der Waals surface area contributed by atoms with Crippen molar-refractivity contribution in [3.63, 3.8) is 0 Å². The second-order valence-electron chi connectivity index (χ2n) is 6.62. The Hall–Kier alpha value is -3.05. The molecule has 5 nitrogen and oxygen atoms in total. The summed E-state index contributed by atoms with van der Waals surface area (Å²) in [6, 6.07) is 18.8. The van der Waals surface area contributed by atoms with E-state index in [9.17, 15) is 4.79 Å². The highest BCUT2D eigenvalue weighted by molar-refractivity contribution is 6.30. The van der Waals surface area contributed by atoms with Crippen LogP contribution in [-0.2, 0) is 6.61 Å². The van der Waals surface area contributed by atoms with E-state index in [4.69, 9.17) is 16.3 Å². The molecule has 0 bridgehead atoms. The van der Waals surface area contributed by atoms with Crippen LogP contribution in [0.25, 0.3) is 0 Å². The van der Waals surface area contributed by atoms with Gasteiger partial charge >= 0.3 is 0 Å². The third-order valence-electron chi connectivity index (χ3n) is 3.88. The Labute approximate surface area is 169 Å². The summed E-state index contributed by atoms with van der Waals surface area (Å²) in [7, 11) is 0. The molecule has 0 aliphatic rings. The highest BCUT2D eigenvalue weighted by Crippen LogP contribution is 2.21. The molecule has 0 saturated carbocycles. The molecule has 3 aromatic rings. The number of ether oxygens (including phenoxy) is 1. The highest BCUT2D eigenvalue weighted by Gasteiger charge is 2.08. The van der Waals surface area contributed by atoms with E-state index >= 15 is 0 Å². The van der Waals surface area contributed by atoms with Crippen LogP contribution in [0.4, 0.5) is 11.4 Å². The van der Waals surface area contributed by atoms with E-state index in [1.54, 1.807) is 12.3 Å². The number of nitrogens with one attached hydrogen (secondary N) is 2. The third kappa shape index (κ3) is 5.72. The van der Waals surface area contributed by atoms with Crippen LogP contribution in [0.1, 0.15) is 29.9 Å². The van der Waals surface area contributed by atoms with Crippen molar-refractivity contribution in [3.05, 3.63) is 83.1 Å². The topological polar surface area (TPSA) is 63.2 Å². The van der Waals surface area contributed by atoms with Gasteiger partial charge in [0.2, 0.25) is 0 Å². The number of benzene rings is 2. The first-order valence-corrected chi connectivity index (χ1v) is 9.38. The van der Waals surface area contributed by atoms with Crippen molar-refractivity contribution in [2.24, 2.45) is 0 Å². The van der Waals surface area contributed by atoms with Crippen LogP contribution >= 0.6 is 11.6 Å². The second-order valence-corrected chi connectivity index (χ2v) is 7.06. The standard InChI is InChI=1S/C22H22ClN3O2/c1-15(2)25-22(27)21-12-9-19(13-24-21)26-18-7-10-20(11-8-18)28-14-16-3-5-17(23)6-4-16/h3-13,15,26H,14H2,1-2H3,(H,25,27). The molecular weight excluding hydrogens is 374 g/mol. The lowest BCUT2D eigenvalue weighted by molar-refractivity contribution is 0.0938. The average Bonchev–Trinajstić information content (AvgIpc) is 2.69. The number of pyridine rings is 1. The van der Waals surface area contributed by atoms with Crippen molar-refractivity contribution < 1.29 is 9.53 Å². The molecule has 0 aliphatic carbocycles. The summed E-state index contributed by atoms with van der Waals surface area (Å²) in [4.78, 5) is 16.1. The second kappa shape index (κ2) is 9.24. The molecule has 2 N–H and O–H groups in total. The molecule has 6 heteroatoms. The first-order chi connectivity index (χ1) is 13.5. The average molecular weight is 396 g/mol. The number of hydrogen-bond acceptors (Lipinski definition) is 4. The molecule has 3 rings (SSSR count). The third-order valence-corrected chi connectivity index (χ3v) is 4.13. The number of hydrogen-bond donors (Lipinski definition) is 2. The van der Waals surface area contributed by atoms with Crippen molar-refractivity contribution in [2.45, 2.75) is 26.5 Å². The summed E-state index contributed by atoms with van der Waals surface area (Å²) in [6.07, 6.45) is 1.64. The Morgan fingerprint density at radius 3 is 2.29 bits per heavy atom. The number of halogens is 1. The monoisotopic (exact) mass is 395 g/mol. The van der Waals surface area contributed by atoms with Gasteiger partial charge in [-0.1, -0.05) is 23.7 Å². The lowest BCUT2D eigenvalue weighted by Gasteiger charge is -2.10. The predicted molar refractivity (Wildman–Crippen MR) is 112 cm³/mol. The van der Waals surface area contributed by atoms with Crippen LogP contribution in [0.15, 0.2) is 66.9 Å². The van der Waals surface area contributed by atoms with Crippen molar-refractivity contribution in [2.75, 3.05) is 5.32 Å². The molecule has 1 heterocycles. The summed E-state index contributed by atoms with van der Waals surface area (Å²) in [6.45, 7) is 4.31. The van der Waals surface area contributed by atoms with Crippen molar-refractivity contribution >= 4 is 28.9 Å². The minimum atomic E-state index is -0.177. The van der Waals surface area contributed by atoms with Gasteiger partial charge in [0.05, 0.1) is 11.9 Å². The number of nitrogens with zero attached hydrogens (tertiary/aromatic N) is 1. The smallest absolute Gasteiger partial charge is 0.270 e. The van der Waals surface area contributed by atoms with Gasteiger partial charge in [-0.25, -0.2) is 4.98 Å². The van der Waals surface area contributed by atoms with Crippen LogP contribution in [0.3, 0.4) is 0 Å². The fourth-order valence-electron chi connectivity index (χ4n) is 2.49. The summed E-state index contributed by atoms with van der Waals surface area (Å²) < 4.78 is 5.78. The Kier molecular flexibility index (Phi) is 6.50. The lowest BCUT2D eigenvalue weighted by atomic mass is 10.2. The molecule has 0 unspecified atom stereocenters. The molecule has 0 aliphatic heterocycles. The number of carbonyl (C=O) groups is 1. The van der Waals surface area contributed by atoms with E-state index in [2.05, 4.69) is 15.6 Å². The van der Waals surface area contributed by atoms with Gasteiger partial charge in [0.25, 0.3) is 5.91 Å². The maximum atomic E-state index is 11.9. The molecule has 0 atom stereocenters. The van der Waals surface area contributed by atoms with Crippen LogP contribution in [0.2, 0.25) is 5.02 Å². The van der Waals surface area contributed by atoms with Gasteiger partial charge in [0.1, 0.15) is 18.1 Å². The minimum absolute atomic E-state index is 0.0764. The van der Waals surface area contributed by atoms with Crippen LogP contribution in [0.5, 0.6) is 5.75 Å². The zero-order chi connectivity index (χ0) is 19.9. The maximum Gasteiger partial charge on any atom is 0.270 e. The SMILES string of the molecule is CC(C)NC(=O)c1ccc(Nc2ccc(OCc3ccc(Cl)cc3)cc2)cn1. The maximum absolute atomic E-state index is 11.9. The number of amides is 1. The molecule has 1 amide bonds. The van der Waals surface area contributed by atoms with E-state index in [0.717, 1.165) is 22.7 Å². The van der Waals surface area contributed by atoms with E-state index in [1.807, 2.05) is 68.4 Å². The Balaban J connectivity index is 1.55. The van der Waals surface area contributed by atoms with Gasteiger partial charge in [0, 0.05) is 16.8 Å². The number of anilines is 2. The van der Waals surface area contributed by atoms with Gasteiger partial charge < -0.3 is 15.4 Å². The molecule has 1 aromatic heterocycles. The van der Waals surface area contributed by atoms with Gasteiger partial charge in [0.15, 0.2) is 0 Å². The Morgan fingerprint density at radius 1 is 1.00 bits per heavy atom. The van der Waals surface area contributed by atoms with Crippen LogP contribution < -0.4 is 15.4 Å². The van der Waals surface area contributed by atoms with Gasteiger partial charge in [-0.05, 0) is 67.9 Å². The normalized spacial score (nSPS) is 10.6.